The number of aromatic nitrogens is 1. The Bertz CT molecular complexity index is 432. The molecule has 94 valence electrons. The van der Waals surface area contributed by atoms with E-state index < -0.39 is 5.97 Å². The standard InChI is InChI=1S/C11H16N2O3S/c1-6-5-16-7(2)4-13(6)11-12-8(3)9(17-11)10(14)15/h6-7H,4-5H2,1-3H3,(H,14,15). The van der Waals surface area contributed by atoms with Crippen LogP contribution in [0.5, 0.6) is 0 Å². The van der Waals surface area contributed by atoms with Gasteiger partial charge in [-0.15, -0.1) is 0 Å². The molecule has 6 heteroatoms. The van der Waals surface area contributed by atoms with Crippen LogP contribution >= 0.6 is 11.3 Å². The second kappa shape index (κ2) is 4.62. The molecule has 1 aromatic rings. The van der Waals surface area contributed by atoms with Crippen molar-refractivity contribution >= 4 is 22.4 Å². The SMILES string of the molecule is Cc1nc(N2CC(C)OCC2C)sc1C(=O)O. The van der Waals surface area contributed by atoms with E-state index in [1.165, 1.54) is 11.3 Å². The van der Waals surface area contributed by atoms with Gasteiger partial charge in [0.1, 0.15) is 4.88 Å². The second-order valence-electron chi connectivity index (χ2n) is 4.36. The summed E-state index contributed by atoms with van der Waals surface area (Å²) in [6, 6.07) is 0.235. The molecule has 1 fully saturated rings. The average molecular weight is 256 g/mol. The number of morpholine rings is 1. The predicted octanol–water partition coefficient (Wildman–Crippen LogP) is 1.76. The van der Waals surface area contributed by atoms with E-state index in [4.69, 9.17) is 9.84 Å². The van der Waals surface area contributed by atoms with Gasteiger partial charge >= 0.3 is 5.97 Å². The third-order valence-corrected chi connectivity index (χ3v) is 4.02. The fourth-order valence-electron chi connectivity index (χ4n) is 1.87. The van der Waals surface area contributed by atoms with Crippen molar-refractivity contribution in [2.75, 3.05) is 18.1 Å². The number of aromatic carboxylic acids is 1. The van der Waals surface area contributed by atoms with Crippen molar-refractivity contribution in [3.8, 4) is 0 Å². The number of carbonyl (C=O) groups is 1. The molecule has 2 heterocycles. The minimum atomic E-state index is -0.903. The Hall–Kier alpha value is -1.14. The van der Waals surface area contributed by atoms with Crippen LogP contribution in [0.1, 0.15) is 29.2 Å². The minimum Gasteiger partial charge on any atom is -0.477 e. The summed E-state index contributed by atoms with van der Waals surface area (Å²) >= 11 is 1.24. The van der Waals surface area contributed by atoms with Gasteiger partial charge in [-0.1, -0.05) is 11.3 Å². The highest BCUT2D eigenvalue weighted by Gasteiger charge is 2.27. The molecule has 0 saturated carbocycles. The van der Waals surface area contributed by atoms with E-state index in [1.54, 1.807) is 6.92 Å². The number of carboxylic acid groups (broad SMARTS) is 1. The molecule has 17 heavy (non-hydrogen) atoms. The number of hydrogen-bond donors (Lipinski definition) is 1. The van der Waals surface area contributed by atoms with Crippen LogP contribution in [0.15, 0.2) is 0 Å². The summed E-state index contributed by atoms with van der Waals surface area (Å²) in [5.74, 6) is -0.903. The van der Waals surface area contributed by atoms with Crippen LogP contribution in [0.3, 0.4) is 0 Å². The molecular weight excluding hydrogens is 240 g/mol. The molecule has 0 aliphatic carbocycles. The van der Waals surface area contributed by atoms with E-state index in [0.29, 0.717) is 17.2 Å². The summed E-state index contributed by atoms with van der Waals surface area (Å²) in [5.41, 5.74) is 0.587. The first kappa shape index (κ1) is 12.3. The summed E-state index contributed by atoms with van der Waals surface area (Å²) in [5, 5.41) is 9.80. The number of thiazole rings is 1. The van der Waals surface area contributed by atoms with Gasteiger partial charge in [-0.05, 0) is 20.8 Å². The number of aryl methyl sites for hydroxylation is 1. The van der Waals surface area contributed by atoms with Crippen molar-refractivity contribution in [3.05, 3.63) is 10.6 Å². The second-order valence-corrected chi connectivity index (χ2v) is 5.34. The first-order valence-electron chi connectivity index (χ1n) is 5.58. The number of ether oxygens (including phenoxy) is 1. The van der Waals surface area contributed by atoms with Crippen LogP contribution in [-0.2, 0) is 4.74 Å². The Kier molecular flexibility index (Phi) is 3.35. The number of anilines is 1. The van der Waals surface area contributed by atoms with Crippen molar-refractivity contribution < 1.29 is 14.6 Å². The van der Waals surface area contributed by atoms with E-state index in [2.05, 4.69) is 16.8 Å². The maximum absolute atomic E-state index is 11.0. The van der Waals surface area contributed by atoms with Gasteiger partial charge in [0.2, 0.25) is 0 Å². The fraction of sp³-hybridized carbons (Fsp3) is 0.636. The highest BCUT2D eigenvalue weighted by Crippen LogP contribution is 2.29. The molecule has 1 N–H and O–H groups in total. The van der Waals surface area contributed by atoms with E-state index in [0.717, 1.165) is 11.7 Å². The molecule has 0 radical (unpaired) electrons. The third-order valence-electron chi connectivity index (χ3n) is 2.83. The fourth-order valence-corrected chi connectivity index (χ4v) is 2.89. The Morgan fingerprint density at radius 1 is 1.59 bits per heavy atom. The van der Waals surface area contributed by atoms with Gasteiger partial charge in [0.05, 0.1) is 24.4 Å². The summed E-state index contributed by atoms with van der Waals surface area (Å²) in [7, 11) is 0. The van der Waals surface area contributed by atoms with E-state index in [-0.39, 0.29) is 12.1 Å². The maximum Gasteiger partial charge on any atom is 0.347 e. The van der Waals surface area contributed by atoms with E-state index in [1.807, 2.05) is 6.92 Å². The lowest BCUT2D eigenvalue weighted by Gasteiger charge is -2.36. The monoisotopic (exact) mass is 256 g/mol. The maximum atomic E-state index is 11.0. The van der Waals surface area contributed by atoms with Crippen LogP contribution in [0.4, 0.5) is 5.13 Å². The lowest BCUT2D eigenvalue weighted by Crippen LogP contribution is -2.47. The van der Waals surface area contributed by atoms with Gasteiger partial charge in [0.25, 0.3) is 0 Å². The molecule has 1 aliphatic rings. The summed E-state index contributed by atoms with van der Waals surface area (Å²) < 4.78 is 5.55. The van der Waals surface area contributed by atoms with Crippen LogP contribution in [0.25, 0.3) is 0 Å². The molecule has 1 aromatic heterocycles. The van der Waals surface area contributed by atoms with Crippen molar-refractivity contribution in [2.45, 2.75) is 32.9 Å². The van der Waals surface area contributed by atoms with Crippen molar-refractivity contribution in [1.82, 2.24) is 4.98 Å². The topological polar surface area (TPSA) is 62.7 Å². The number of carboxylic acids is 1. The van der Waals surface area contributed by atoms with E-state index >= 15 is 0 Å². The number of hydrogen-bond acceptors (Lipinski definition) is 5. The smallest absolute Gasteiger partial charge is 0.347 e. The van der Waals surface area contributed by atoms with Crippen molar-refractivity contribution in [1.29, 1.82) is 0 Å². The van der Waals surface area contributed by atoms with Crippen molar-refractivity contribution in [2.24, 2.45) is 0 Å². The summed E-state index contributed by atoms with van der Waals surface area (Å²) in [6.45, 7) is 7.22. The summed E-state index contributed by atoms with van der Waals surface area (Å²) in [6.07, 6.45) is 0.156. The third kappa shape index (κ3) is 2.42. The quantitative estimate of drug-likeness (QED) is 0.873. The van der Waals surface area contributed by atoms with E-state index in [9.17, 15) is 4.79 Å². The zero-order valence-electron chi connectivity index (χ0n) is 10.1. The molecule has 0 amide bonds. The van der Waals surface area contributed by atoms with Crippen molar-refractivity contribution in [3.63, 3.8) is 0 Å². The Balaban J connectivity index is 2.26. The normalized spacial score (nSPS) is 25.0. The largest absolute Gasteiger partial charge is 0.477 e. The lowest BCUT2D eigenvalue weighted by atomic mass is 10.2. The molecule has 2 unspecified atom stereocenters. The average Bonchev–Trinajstić information content (AvgIpc) is 2.64. The number of rotatable bonds is 2. The van der Waals surface area contributed by atoms with Gasteiger partial charge in [-0.2, -0.15) is 0 Å². The van der Waals surface area contributed by atoms with Gasteiger partial charge in [0.15, 0.2) is 5.13 Å². The molecule has 5 nitrogen and oxygen atoms in total. The Morgan fingerprint density at radius 2 is 2.29 bits per heavy atom. The van der Waals surface area contributed by atoms with Gasteiger partial charge in [0, 0.05) is 6.54 Å². The predicted molar refractivity (Wildman–Crippen MR) is 66.0 cm³/mol. The van der Waals surface area contributed by atoms with Crippen LogP contribution in [0, 0.1) is 6.92 Å². The van der Waals surface area contributed by atoms with Crippen LogP contribution < -0.4 is 4.90 Å². The highest BCUT2D eigenvalue weighted by atomic mass is 32.1. The van der Waals surface area contributed by atoms with Crippen LogP contribution in [-0.4, -0.2) is 41.4 Å². The summed E-state index contributed by atoms with van der Waals surface area (Å²) in [4.78, 5) is 17.8. The zero-order valence-corrected chi connectivity index (χ0v) is 11.0. The minimum absolute atomic E-state index is 0.156. The first-order valence-corrected chi connectivity index (χ1v) is 6.39. The Morgan fingerprint density at radius 3 is 2.88 bits per heavy atom. The van der Waals surface area contributed by atoms with Gasteiger partial charge in [-0.3, -0.25) is 0 Å². The van der Waals surface area contributed by atoms with Crippen LogP contribution in [0.2, 0.25) is 0 Å². The first-order chi connectivity index (χ1) is 7.99. The molecule has 0 spiro atoms. The zero-order chi connectivity index (χ0) is 12.6. The molecular formula is C11H16N2O3S. The molecule has 1 saturated heterocycles. The molecule has 0 bridgehead atoms. The molecule has 0 aromatic carbocycles. The Labute approximate surface area is 104 Å². The number of nitrogens with zero attached hydrogens (tertiary/aromatic N) is 2. The lowest BCUT2D eigenvalue weighted by molar-refractivity contribution is 0.0343. The highest BCUT2D eigenvalue weighted by molar-refractivity contribution is 7.17. The van der Waals surface area contributed by atoms with Gasteiger partial charge in [-0.25, -0.2) is 9.78 Å². The molecule has 2 atom stereocenters. The molecule has 1 aliphatic heterocycles. The molecule has 2 rings (SSSR count). The van der Waals surface area contributed by atoms with Gasteiger partial charge < -0.3 is 14.7 Å².